The van der Waals surface area contributed by atoms with E-state index in [0.29, 0.717) is 11.3 Å². The van der Waals surface area contributed by atoms with E-state index in [9.17, 15) is 0 Å². The summed E-state index contributed by atoms with van der Waals surface area (Å²) < 4.78 is 7.83. The van der Waals surface area contributed by atoms with Gasteiger partial charge in [-0.05, 0) is 25.8 Å². The van der Waals surface area contributed by atoms with Gasteiger partial charge in [0, 0.05) is 12.3 Å². The minimum atomic E-state index is 0.304. The molecule has 90 valence electrons. The third-order valence-electron chi connectivity index (χ3n) is 3.26. The second-order valence-electron chi connectivity index (χ2n) is 4.43. The van der Waals surface area contributed by atoms with Gasteiger partial charge < -0.3 is 9.30 Å². The highest BCUT2D eigenvalue weighted by Crippen LogP contribution is 2.25. The number of aryl methyl sites for hydroxylation is 1. The maximum Gasteiger partial charge on any atom is 0.145 e. The Kier molecular flexibility index (Phi) is 2.76. The smallest absolute Gasteiger partial charge is 0.145 e. The highest BCUT2D eigenvalue weighted by molar-refractivity contribution is 6.33. The van der Waals surface area contributed by atoms with Gasteiger partial charge in [-0.3, -0.25) is 0 Å². The molecule has 1 aliphatic rings. The monoisotopic (exact) mass is 251 g/mol. The van der Waals surface area contributed by atoms with Crippen molar-refractivity contribution in [2.24, 2.45) is 0 Å². The van der Waals surface area contributed by atoms with Gasteiger partial charge in [-0.25, -0.2) is 9.97 Å². The molecule has 0 N–H and O–H groups in total. The first kappa shape index (κ1) is 11.0. The summed E-state index contributed by atoms with van der Waals surface area (Å²) in [6, 6.07) is 2.03. The van der Waals surface area contributed by atoms with Gasteiger partial charge in [0.25, 0.3) is 0 Å². The van der Waals surface area contributed by atoms with Crippen molar-refractivity contribution in [1.82, 2.24) is 14.5 Å². The number of halogens is 1. The van der Waals surface area contributed by atoms with Crippen LogP contribution in [-0.2, 0) is 11.3 Å². The lowest BCUT2D eigenvalue weighted by Crippen LogP contribution is -2.16. The fraction of sp³-hybridized carbons (Fsp3) is 0.500. The number of nitrogens with zero attached hydrogens (tertiary/aromatic N) is 3. The molecular formula is C12H14ClN3O. The van der Waals surface area contributed by atoms with E-state index in [1.807, 2.05) is 6.07 Å². The minimum absolute atomic E-state index is 0.304. The van der Waals surface area contributed by atoms with Crippen molar-refractivity contribution in [3.05, 3.63) is 23.2 Å². The number of fused-ring (bicyclic) bond motifs is 1. The predicted molar refractivity (Wildman–Crippen MR) is 66.2 cm³/mol. The van der Waals surface area contributed by atoms with Gasteiger partial charge in [-0.2, -0.15) is 0 Å². The Morgan fingerprint density at radius 1 is 1.53 bits per heavy atom. The van der Waals surface area contributed by atoms with Crippen LogP contribution in [0.15, 0.2) is 12.4 Å². The summed E-state index contributed by atoms with van der Waals surface area (Å²) in [6.45, 7) is 3.79. The van der Waals surface area contributed by atoms with Gasteiger partial charge in [-0.1, -0.05) is 11.6 Å². The van der Waals surface area contributed by atoms with Crippen LogP contribution in [0.3, 0.4) is 0 Å². The number of rotatable bonds is 2. The number of hydrogen-bond donors (Lipinski definition) is 0. The second kappa shape index (κ2) is 4.27. The summed E-state index contributed by atoms with van der Waals surface area (Å²) in [4.78, 5) is 8.32. The molecule has 1 atom stereocenters. The van der Waals surface area contributed by atoms with E-state index in [4.69, 9.17) is 16.3 Å². The lowest BCUT2D eigenvalue weighted by molar-refractivity contribution is 0.0975. The number of hydrogen-bond acceptors (Lipinski definition) is 3. The quantitative estimate of drug-likeness (QED) is 0.771. The van der Waals surface area contributed by atoms with Crippen molar-refractivity contribution in [3.63, 3.8) is 0 Å². The summed E-state index contributed by atoms with van der Waals surface area (Å²) in [6.07, 6.45) is 4.09. The molecular weight excluding hydrogens is 238 g/mol. The lowest BCUT2D eigenvalue weighted by Gasteiger charge is -2.13. The van der Waals surface area contributed by atoms with Gasteiger partial charge in [0.15, 0.2) is 0 Å². The van der Waals surface area contributed by atoms with Crippen molar-refractivity contribution in [2.45, 2.75) is 32.4 Å². The number of ether oxygens (including phenoxy) is 1. The first-order valence-electron chi connectivity index (χ1n) is 5.83. The standard InChI is InChI=1S/C12H14ClN3O/c1-8-5-10-11(13)14-7-15-12(10)16(8)6-9-3-2-4-17-9/h5,7,9H,2-4,6H2,1H3. The fourth-order valence-electron chi connectivity index (χ4n) is 2.38. The Bertz CT molecular complexity index is 546. The van der Waals surface area contributed by atoms with Gasteiger partial charge in [-0.15, -0.1) is 0 Å². The summed E-state index contributed by atoms with van der Waals surface area (Å²) in [5.41, 5.74) is 2.05. The SMILES string of the molecule is Cc1cc2c(Cl)ncnc2n1CC1CCCO1. The largest absolute Gasteiger partial charge is 0.376 e. The average molecular weight is 252 g/mol. The molecule has 17 heavy (non-hydrogen) atoms. The van der Waals surface area contributed by atoms with E-state index < -0.39 is 0 Å². The maximum absolute atomic E-state index is 6.06. The molecule has 5 heteroatoms. The van der Waals surface area contributed by atoms with E-state index in [-0.39, 0.29) is 0 Å². The molecule has 0 saturated carbocycles. The molecule has 2 aromatic heterocycles. The minimum Gasteiger partial charge on any atom is -0.376 e. The number of aromatic nitrogens is 3. The normalized spacial score (nSPS) is 20.2. The van der Waals surface area contributed by atoms with Crippen LogP contribution in [0.4, 0.5) is 0 Å². The third-order valence-corrected chi connectivity index (χ3v) is 3.56. The van der Waals surface area contributed by atoms with Crippen LogP contribution in [-0.4, -0.2) is 27.2 Å². The molecule has 1 unspecified atom stereocenters. The molecule has 3 heterocycles. The molecule has 0 aliphatic carbocycles. The van der Waals surface area contributed by atoms with E-state index in [1.165, 1.54) is 6.33 Å². The zero-order chi connectivity index (χ0) is 11.8. The second-order valence-corrected chi connectivity index (χ2v) is 4.79. The molecule has 0 spiro atoms. The summed E-state index contributed by atoms with van der Waals surface area (Å²) in [5.74, 6) is 0. The summed E-state index contributed by atoms with van der Waals surface area (Å²) in [7, 11) is 0. The van der Waals surface area contributed by atoms with Crippen molar-refractivity contribution in [3.8, 4) is 0 Å². The molecule has 1 aliphatic heterocycles. The summed E-state index contributed by atoms with van der Waals surface area (Å²) in [5, 5.41) is 1.44. The van der Waals surface area contributed by atoms with Crippen LogP contribution < -0.4 is 0 Å². The van der Waals surface area contributed by atoms with Crippen molar-refractivity contribution < 1.29 is 4.74 Å². The van der Waals surface area contributed by atoms with Gasteiger partial charge in [0.05, 0.1) is 18.0 Å². The average Bonchev–Trinajstić information content (AvgIpc) is 2.91. The van der Waals surface area contributed by atoms with Crippen LogP contribution in [0.5, 0.6) is 0 Å². The van der Waals surface area contributed by atoms with E-state index in [2.05, 4.69) is 21.5 Å². The molecule has 2 aromatic rings. The zero-order valence-electron chi connectivity index (χ0n) is 9.69. The van der Waals surface area contributed by atoms with E-state index >= 15 is 0 Å². The first-order valence-corrected chi connectivity index (χ1v) is 6.21. The highest BCUT2D eigenvalue weighted by atomic mass is 35.5. The Hall–Kier alpha value is -1.13. The molecule has 3 rings (SSSR count). The van der Waals surface area contributed by atoms with Crippen LogP contribution in [0.1, 0.15) is 18.5 Å². The molecule has 0 radical (unpaired) electrons. The molecule has 1 saturated heterocycles. The molecule has 0 amide bonds. The van der Waals surface area contributed by atoms with E-state index in [0.717, 1.165) is 42.7 Å². The molecule has 1 fully saturated rings. The van der Waals surface area contributed by atoms with Crippen molar-refractivity contribution >= 4 is 22.6 Å². The van der Waals surface area contributed by atoms with Crippen molar-refractivity contribution in [1.29, 1.82) is 0 Å². The van der Waals surface area contributed by atoms with E-state index in [1.54, 1.807) is 0 Å². The Morgan fingerprint density at radius 2 is 2.41 bits per heavy atom. The van der Waals surface area contributed by atoms with Gasteiger partial charge in [0.1, 0.15) is 17.1 Å². The lowest BCUT2D eigenvalue weighted by atomic mass is 10.2. The first-order chi connectivity index (χ1) is 8.25. The maximum atomic E-state index is 6.06. The Balaban J connectivity index is 2.02. The van der Waals surface area contributed by atoms with Crippen LogP contribution in [0, 0.1) is 6.92 Å². The molecule has 0 aromatic carbocycles. The highest BCUT2D eigenvalue weighted by Gasteiger charge is 2.19. The molecule has 0 bridgehead atoms. The van der Waals surface area contributed by atoms with Crippen LogP contribution in [0.25, 0.3) is 11.0 Å². The zero-order valence-corrected chi connectivity index (χ0v) is 10.4. The summed E-state index contributed by atoms with van der Waals surface area (Å²) >= 11 is 6.06. The Labute approximate surface area is 105 Å². The van der Waals surface area contributed by atoms with Crippen LogP contribution >= 0.6 is 11.6 Å². The molecule has 4 nitrogen and oxygen atoms in total. The van der Waals surface area contributed by atoms with Gasteiger partial charge in [0.2, 0.25) is 0 Å². The van der Waals surface area contributed by atoms with Gasteiger partial charge >= 0.3 is 0 Å². The Morgan fingerprint density at radius 3 is 3.18 bits per heavy atom. The van der Waals surface area contributed by atoms with Crippen molar-refractivity contribution in [2.75, 3.05) is 6.61 Å². The third kappa shape index (κ3) is 1.91. The fourth-order valence-corrected chi connectivity index (χ4v) is 2.56. The topological polar surface area (TPSA) is 39.9 Å². The van der Waals surface area contributed by atoms with Crippen LogP contribution in [0.2, 0.25) is 5.15 Å². The predicted octanol–water partition coefficient (Wildman–Crippen LogP) is 2.57.